The first-order valence-electron chi connectivity index (χ1n) is 11.0. The summed E-state index contributed by atoms with van der Waals surface area (Å²) in [6.45, 7) is 4.60. The van der Waals surface area contributed by atoms with E-state index in [1.165, 1.54) is 24.3 Å². The zero-order valence-corrected chi connectivity index (χ0v) is 18.6. The van der Waals surface area contributed by atoms with Gasteiger partial charge in [0.05, 0.1) is 17.9 Å². The molecule has 0 bridgehead atoms. The predicted octanol–water partition coefficient (Wildman–Crippen LogP) is 5.57. The number of aryl methyl sites for hydroxylation is 1. The van der Waals surface area contributed by atoms with Crippen molar-refractivity contribution in [2.45, 2.75) is 26.7 Å². The van der Waals surface area contributed by atoms with Crippen molar-refractivity contribution >= 4 is 28.8 Å². The third kappa shape index (κ3) is 4.65. The van der Waals surface area contributed by atoms with Crippen molar-refractivity contribution in [2.24, 2.45) is 0 Å². The number of carbonyl (C=O) groups excluding carboxylic acids is 2. The molecule has 0 radical (unpaired) electrons. The number of imide groups is 1. The molecule has 0 fully saturated rings. The second kappa shape index (κ2) is 9.69. The Morgan fingerprint density at radius 3 is 2.30 bits per heavy atom. The SMILES string of the molecule is CCCOc1cccc(N2C(=O)C(Nc3ccc(CC)cc3)=C(c3ccc(F)cc3)C2=O)c1. The van der Waals surface area contributed by atoms with Gasteiger partial charge in [-0.2, -0.15) is 0 Å². The highest BCUT2D eigenvalue weighted by atomic mass is 19.1. The van der Waals surface area contributed by atoms with Crippen LogP contribution >= 0.6 is 0 Å². The largest absolute Gasteiger partial charge is 0.494 e. The molecule has 1 aliphatic rings. The van der Waals surface area contributed by atoms with Gasteiger partial charge in [-0.25, -0.2) is 9.29 Å². The van der Waals surface area contributed by atoms with Gasteiger partial charge < -0.3 is 10.1 Å². The van der Waals surface area contributed by atoms with E-state index in [0.717, 1.165) is 23.3 Å². The fourth-order valence-corrected chi connectivity index (χ4v) is 3.66. The van der Waals surface area contributed by atoms with Gasteiger partial charge >= 0.3 is 0 Å². The Kier molecular flexibility index (Phi) is 6.54. The molecule has 1 N–H and O–H groups in total. The van der Waals surface area contributed by atoms with E-state index in [1.807, 2.05) is 31.2 Å². The minimum atomic E-state index is -0.480. The monoisotopic (exact) mass is 444 g/mol. The van der Waals surface area contributed by atoms with Crippen LogP contribution < -0.4 is 15.0 Å². The molecule has 168 valence electrons. The molecule has 3 aromatic rings. The smallest absolute Gasteiger partial charge is 0.282 e. The number of hydrogen-bond acceptors (Lipinski definition) is 4. The summed E-state index contributed by atoms with van der Waals surface area (Å²) < 4.78 is 19.2. The number of nitrogens with one attached hydrogen (secondary N) is 1. The molecule has 6 heteroatoms. The van der Waals surface area contributed by atoms with Crippen LogP contribution in [0.4, 0.5) is 15.8 Å². The fraction of sp³-hybridized carbons (Fsp3) is 0.185. The number of halogens is 1. The van der Waals surface area contributed by atoms with E-state index in [2.05, 4.69) is 12.2 Å². The highest BCUT2D eigenvalue weighted by Gasteiger charge is 2.40. The molecule has 33 heavy (non-hydrogen) atoms. The fourth-order valence-electron chi connectivity index (χ4n) is 3.66. The van der Waals surface area contributed by atoms with Crippen molar-refractivity contribution in [3.05, 3.63) is 95.4 Å². The number of anilines is 2. The topological polar surface area (TPSA) is 58.6 Å². The third-order valence-corrected chi connectivity index (χ3v) is 5.40. The van der Waals surface area contributed by atoms with Crippen LogP contribution in [0.5, 0.6) is 5.75 Å². The molecule has 5 nitrogen and oxygen atoms in total. The predicted molar refractivity (Wildman–Crippen MR) is 127 cm³/mol. The van der Waals surface area contributed by atoms with E-state index >= 15 is 0 Å². The molecular weight excluding hydrogens is 419 g/mol. The van der Waals surface area contributed by atoms with Crippen LogP contribution in [-0.4, -0.2) is 18.4 Å². The number of carbonyl (C=O) groups is 2. The van der Waals surface area contributed by atoms with Crippen LogP contribution in [0.1, 0.15) is 31.4 Å². The summed E-state index contributed by atoms with van der Waals surface area (Å²) >= 11 is 0. The van der Waals surface area contributed by atoms with Gasteiger partial charge in [-0.1, -0.05) is 44.2 Å². The molecule has 0 aromatic heterocycles. The molecule has 1 heterocycles. The normalized spacial score (nSPS) is 13.6. The van der Waals surface area contributed by atoms with Crippen molar-refractivity contribution < 1.29 is 18.7 Å². The number of rotatable bonds is 8. The number of hydrogen-bond donors (Lipinski definition) is 1. The van der Waals surface area contributed by atoms with Crippen molar-refractivity contribution in [1.82, 2.24) is 0 Å². The van der Waals surface area contributed by atoms with Crippen LogP contribution in [0.3, 0.4) is 0 Å². The summed E-state index contributed by atoms with van der Waals surface area (Å²) in [5.41, 5.74) is 3.06. The molecule has 1 aliphatic heterocycles. The van der Waals surface area contributed by atoms with Gasteiger partial charge in [-0.05, 0) is 60.4 Å². The Labute approximate surface area is 192 Å². The lowest BCUT2D eigenvalue weighted by molar-refractivity contribution is -0.120. The van der Waals surface area contributed by atoms with Gasteiger partial charge in [-0.15, -0.1) is 0 Å². The Morgan fingerprint density at radius 1 is 0.909 bits per heavy atom. The minimum Gasteiger partial charge on any atom is -0.494 e. The molecule has 0 unspecified atom stereocenters. The van der Waals surface area contributed by atoms with E-state index in [-0.39, 0.29) is 11.3 Å². The Bertz CT molecular complexity index is 1200. The molecule has 4 rings (SSSR count). The van der Waals surface area contributed by atoms with Crippen molar-refractivity contribution in [1.29, 1.82) is 0 Å². The summed E-state index contributed by atoms with van der Waals surface area (Å²) in [5.74, 6) is -0.799. The highest BCUT2D eigenvalue weighted by Crippen LogP contribution is 2.35. The van der Waals surface area contributed by atoms with E-state index in [4.69, 9.17) is 4.74 Å². The summed E-state index contributed by atoms with van der Waals surface area (Å²) in [7, 11) is 0. The van der Waals surface area contributed by atoms with E-state index < -0.39 is 17.6 Å². The maximum Gasteiger partial charge on any atom is 0.282 e. The average Bonchev–Trinajstić information content (AvgIpc) is 3.08. The number of nitrogens with zero attached hydrogens (tertiary/aromatic N) is 1. The molecule has 0 saturated heterocycles. The first kappa shape index (κ1) is 22.3. The van der Waals surface area contributed by atoms with Crippen LogP contribution in [0.25, 0.3) is 5.57 Å². The summed E-state index contributed by atoms with van der Waals surface area (Å²) in [6.07, 6.45) is 1.73. The van der Waals surface area contributed by atoms with Crippen molar-refractivity contribution in [2.75, 3.05) is 16.8 Å². The summed E-state index contributed by atoms with van der Waals surface area (Å²) in [6, 6.07) is 20.1. The molecule has 0 aliphatic carbocycles. The Balaban J connectivity index is 1.74. The lowest BCUT2D eigenvalue weighted by atomic mass is 10.0. The molecule has 0 spiro atoms. The molecule has 3 aromatic carbocycles. The van der Waals surface area contributed by atoms with Gasteiger partial charge in [0.25, 0.3) is 11.8 Å². The second-order valence-corrected chi connectivity index (χ2v) is 7.72. The molecule has 0 atom stereocenters. The van der Waals surface area contributed by atoms with Gasteiger partial charge in [0.1, 0.15) is 17.3 Å². The summed E-state index contributed by atoms with van der Waals surface area (Å²) in [4.78, 5) is 28.1. The van der Waals surface area contributed by atoms with Crippen molar-refractivity contribution in [3.63, 3.8) is 0 Å². The maximum atomic E-state index is 13.5. The zero-order chi connectivity index (χ0) is 23.4. The number of benzene rings is 3. The van der Waals surface area contributed by atoms with Crippen LogP contribution in [0.2, 0.25) is 0 Å². The highest BCUT2D eigenvalue weighted by molar-refractivity contribution is 6.46. The van der Waals surface area contributed by atoms with Crippen LogP contribution in [-0.2, 0) is 16.0 Å². The van der Waals surface area contributed by atoms with Gasteiger partial charge in [-0.3, -0.25) is 9.59 Å². The zero-order valence-electron chi connectivity index (χ0n) is 18.6. The molecule has 0 saturated carbocycles. The van der Waals surface area contributed by atoms with Gasteiger partial charge in [0.2, 0.25) is 0 Å². The second-order valence-electron chi connectivity index (χ2n) is 7.72. The minimum absolute atomic E-state index is 0.149. The first-order chi connectivity index (χ1) is 16.0. The van der Waals surface area contributed by atoms with Crippen LogP contribution in [0.15, 0.2) is 78.5 Å². The van der Waals surface area contributed by atoms with E-state index in [0.29, 0.717) is 29.3 Å². The quantitative estimate of drug-likeness (QED) is 0.461. The summed E-state index contributed by atoms with van der Waals surface area (Å²) in [5, 5.41) is 3.13. The molecule has 2 amide bonds. The average molecular weight is 445 g/mol. The van der Waals surface area contributed by atoms with Gasteiger partial charge in [0.15, 0.2) is 0 Å². The maximum absolute atomic E-state index is 13.5. The standard InChI is InChI=1S/C27H25FN2O3/c1-3-16-33-23-7-5-6-22(17-23)30-26(31)24(19-10-12-20(28)13-11-19)25(27(30)32)29-21-14-8-18(4-2)9-15-21/h5-15,17,29H,3-4,16H2,1-2H3. The van der Waals surface area contributed by atoms with E-state index in [1.54, 1.807) is 24.3 Å². The number of ether oxygens (including phenoxy) is 1. The van der Waals surface area contributed by atoms with Gasteiger partial charge in [0, 0.05) is 11.8 Å². The Morgan fingerprint density at radius 2 is 1.64 bits per heavy atom. The number of amides is 2. The van der Waals surface area contributed by atoms with E-state index in [9.17, 15) is 14.0 Å². The lowest BCUT2D eigenvalue weighted by Gasteiger charge is -2.16. The third-order valence-electron chi connectivity index (χ3n) is 5.40. The lowest BCUT2D eigenvalue weighted by Crippen LogP contribution is -2.32. The Hall–Kier alpha value is -3.93. The molecular formula is C27H25FN2O3. The van der Waals surface area contributed by atoms with Crippen LogP contribution in [0, 0.1) is 5.82 Å². The van der Waals surface area contributed by atoms with Crippen molar-refractivity contribution in [3.8, 4) is 5.75 Å². The first-order valence-corrected chi connectivity index (χ1v) is 11.0.